The summed E-state index contributed by atoms with van der Waals surface area (Å²) >= 11 is 0.909. The molecule has 2 unspecified atom stereocenters. The number of Topliss-reactive ketones (excluding diaryl/α,β-unsaturated/α-hetero) is 1. The molecule has 3 aromatic rings. The molecule has 10 nitrogen and oxygen atoms in total. The van der Waals surface area contributed by atoms with Crippen LogP contribution in [0.2, 0.25) is 0 Å². The lowest BCUT2D eigenvalue weighted by atomic mass is 9.93. The van der Waals surface area contributed by atoms with E-state index in [4.69, 9.17) is 18.9 Å². The molecule has 1 N–H and O–H groups in total. The number of aromatic nitrogens is 1. The number of fused-ring (bicyclic) bond motifs is 1. The minimum absolute atomic E-state index is 0.00161. The Bertz CT molecular complexity index is 1610. The molecule has 41 heavy (non-hydrogen) atoms. The van der Waals surface area contributed by atoms with Crippen molar-refractivity contribution in [2.75, 3.05) is 25.7 Å². The molecule has 0 radical (unpaired) electrons. The van der Waals surface area contributed by atoms with Crippen LogP contribution in [0.1, 0.15) is 45.0 Å². The molecule has 1 amide bonds. The van der Waals surface area contributed by atoms with Gasteiger partial charge in [0.25, 0.3) is 5.78 Å². The average Bonchev–Trinajstić information content (AvgIpc) is 3.62. The fourth-order valence-electron chi connectivity index (χ4n) is 5.05. The highest BCUT2D eigenvalue weighted by Crippen LogP contribution is 2.48. The second kappa shape index (κ2) is 11.1. The lowest BCUT2D eigenvalue weighted by Gasteiger charge is -2.25. The SMILES string of the molecule is C=CCOC(=O)c1sc(N2C(=O)C(=O)C(=C(O)c3ccc4c(c3)CC(C)O4)C2c2cccc(OC)c2OC)nc1C. The van der Waals surface area contributed by atoms with Crippen LogP contribution in [0.25, 0.3) is 5.76 Å². The van der Waals surface area contributed by atoms with Crippen molar-refractivity contribution in [2.24, 2.45) is 0 Å². The molecule has 11 heteroatoms. The Hall–Kier alpha value is -4.64. The van der Waals surface area contributed by atoms with E-state index < -0.39 is 23.7 Å². The second-order valence-corrected chi connectivity index (χ2v) is 10.5. The molecule has 2 aliphatic rings. The Morgan fingerprint density at radius 1 is 1.24 bits per heavy atom. The lowest BCUT2D eigenvalue weighted by Crippen LogP contribution is -2.29. The van der Waals surface area contributed by atoms with E-state index in [9.17, 15) is 19.5 Å². The standard InChI is InChI=1S/C30H28N2O8S/c1-6-12-39-29(36)27-16(3)31-30(41-27)32-23(19-8-7-9-21(37-4)26(19)38-5)22(25(34)28(32)35)24(33)17-10-11-20-18(14-17)13-15(2)40-20/h6-11,14-15,23,33H,1,12-13H2,2-5H3. The van der Waals surface area contributed by atoms with Crippen molar-refractivity contribution in [2.45, 2.75) is 32.4 Å². The summed E-state index contributed by atoms with van der Waals surface area (Å²) in [7, 11) is 2.91. The van der Waals surface area contributed by atoms with Crippen LogP contribution in [0, 0.1) is 6.92 Å². The minimum Gasteiger partial charge on any atom is -0.507 e. The van der Waals surface area contributed by atoms with Gasteiger partial charge in [-0.1, -0.05) is 36.1 Å². The van der Waals surface area contributed by atoms with Gasteiger partial charge in [0.2, 0.25) is 0 Å². The number of aryl methyl sites for hydroxylation is 1. The number of ether oxygens (including phenoxy) is 4. The number of rotatable bonds is 8. The van der Waals surface area contributed by atoms with Gasteiger partial charge in [0.15, 0.2) is 16.6 Å². The highest BCUT2D eigenvalue weighted by molar-refractivity contribution is 7.17. The van der Waals surface area contributed by atoms with Crippen LogP contribution in [0.15, 0.2) is 54.6 Å². The van der Waals surface area contributed by atoms with Crippen molar-refractivity contribution in [1.82, 2.24) is 4.98 Å². The molecule has 212 valence electrons. The van der Waals surface area contributed by atoms with Crippen LogP contribution in [-0.4, -0.2) is 54.7 Å². The number of amides is 1. The molecule has 0 saturated carbocycles. The number of para-hydroxylation sites is 1. The normalized spacial score (nSPS) is 19.1. The molecule has 2 aromatic carbocycles. The third-order valence-electron chi connectivity index (χ3n) is 6.85. The molecule has 2 aliphatic heterocycles. The maximum atomic E-state index is 13.7. The molecular weight excluding hydrogens is 548 g/mol. The number of carbonyl (C=O) groups excluding carboxylic acids is 3. The van der Waals surface area contributed by atoms with Gasteiger partial charge in [-0.2, -0.15) is 0 Å². The van der Waals surface area contributed by atoms with Crippen molar-refractivity contribution in [1.29, 1.82) is 0 Å². The zero-order chi connectivity index (χ0) is 29.4. The molecule has 2 atom stereocenters. The summed E-state index contributed by atoms with van der Waals surface area (Å²) in [6.45, 7) is 7.09. The minimum atomic E-state index is -1.15. The van der Waals surface area contributed by atoms with Gasteiger partial charge in [-0.05, 0) is 43.7 Å². The number of carbonyl (C=O) groups is 3. The second-order valence-electron chi connectivity index (χ2n) is 9.51. The molecule has 1 saturated heterocycles. The quantitative estimate of drug-likeness (QED) is 0.133. The summed E-state index contributed by atoms with van der Waals surface area (Å²) in [5.74, 6) is -1.48. The molecule has 0 spiro atoms. The van der Waals surface area contributed by atoms with E-state index >= 15 is 0 Å². The molecule has 1 fully saturated rings. The molecule has 3 heterocycles. The Morgan fingerprint density at radius 3 is 2.73 bits per heavy atom. The smallest absolute Gasteiger partial charge is 0.350 e. The fraction of sp³-hybridized carbons (Fsp3) is 0.267. The van der Waals surface area contributed by atoms with Crippen molar-refractivity contribution >= 4 is 39.9 Å². The van der Waals surface area contributed by atoms with Gasteiger partial charge in [-0.25, -0.2) is 9.78 Å². The van der Waals surface area contributed by atoms with Gasteiger partial charge in [0.05, 0.1) is 25.5 Å². The number of thiazole rings is 1. The summed E-state index contributed by atoms with van der Waals surface area (Å²) < 4.78 is 22.1. The lowest BCUT2D eigenvalue weighted by molar-refractivity contribution is -0.132. The fourth-order valence-corrected chi connectivity index (χ4v) is 6.04. The Labute approximate surface area is 240 Å². The first-order chi connectivity index (χ1) is 19.7. The largest absolute Gasteiger partial charge is 0.507 e. The Balaban J connectivity index is 1.71. The number of anilines is 1. The highest BCUT2D eigenvalue weighted by atomic mass is 32.1. The van der Waals surface area contributed by atoms with E-state index in [0.717, 1.165) is 16.9 Å². The summed E-state index contributed by atoms with van der Waals surface area (Å²) in [6, 6.07) is 9.02. The van der Waals surface area contributed by atoms with Crippen LogP contribution < -0.4 is 19.1 Å². The maximum absolute atomic E-state index is 13.7. The van der Waals surface area contributed by atoms with E-state index in [2.05, 4.69) is 11.6 Å². The number of aliphatic hydroxyl groups excluding tert-OH is 1. The maximum Gasteiger partial charge on any atom is 0.350 e. The molecular formula is C30H28N2O8S. The van der Waals surface area contributed by atoms with Gasteiger partial charge in [0.1, 0.15) is 35.1 Å². The van der Waals surface area contributed by atoms with Gasteiger partial charge in [-0.15, -0.1) is 0 Å². The summed E-state index contributed by atoms with van der Waals surface area (Å²) in [5.41, 5.74) is 1.79. The third kappa shape index (κ3) is 4.82. The van der Waals surface area contributed by atoms with Gasteiger partial charge in [0, 0.05) is 17.5 Å². The van der Waals surface area contributed by atoms with Crippen LogP contribution in [-0.2, 0) is 20.7 Å². The summed E-state index contributed by atoms with van der Waals surface area (Å²) in [4.78, 5) is 45.8. The number of nitrogens with zero attached hydrogens (tertiary/aromatic N) is 2. The van der Waals surface area contributed by atoms with E-state index in [1.165, 1.54) is 25.2 Å². The molecule has 5 rings (SSSR count). The highest BCUT2D eigenvalue weighted by Gasteiger charge is 2.49. The molecule has 0 aliphatic carbocycles. The van der Waals surface area contributed by atoms with E-state index in [1.807, 2.05) is 6.92 Å². The molecule has 1 aromatic heterocycles. The first-order valence-corrected chi connectivity index (χ1v) is 13.6. The first kappa shape index (κ1) is 27.9. The van der Waals surface area contributed by atoms with Crippen molar-refractivity contribution < 1.29 is 38.4 Å². The van der Waals surface area contributed by atoms with E-state index in [1.54, 1.807) is 43.3 Å². The number of aliphatic hydroxyl groups is 1. The predicted molar refractivity (Wildman–Crippen MR) is 152 cm³/mol. The Morgan fingerprint density at radius 2 is 2.02 bits per heavy atom. The topological polar surface area (TPSA) is 124 Å². The summed E-state index contributed by atoms with van der Waals surface area (Å²) in [6.07, 6.45) is 2.06. The summed E-state index contributed by atoms with van der Waals surface area (Å²) in [5, 5.41) is 11.7. The zero-order valence-electron chi connectivity index (χ0n) is 22.9. The van der Waals surface area contributed by atoms with Gasteiger partial charge >= 0.3 is 11.9 Å². The van der Waals surface area contributed by atoms with Crippen LogP contribution in [0.5, 0.6) is 17.2 Å². The predicted octanol–water partition coefficient (Wildman–Crippen LogP) is 4.76. The number of benzene rings is 2. The van der Waals surface area contributed by atoms with Gasteiger partial charge < -0.3 is 24.1 Å². The van der Waals surface area contributed by atoms with Crippen molar-refractivity contribution in [3.63, 3.8) is 0 Å². The van der Waals surface area contributed by atoms with Crippen LogP contribution in [0.4, 0.5) is 5.13 Å². The number of hydrogen-bond acceptors (Lipinski definition) is 10. The number of methoxy groups -OCH3 is 2. The van der Waals surface area contributed by atoms with E-state index in [0.29, 0.717) is 34.7 Å². The van der Waals surface area contributed by atoms with Crippen LogP contribution >= 0.6 is 11.3 Å². The molecule has 0 bridgehead atoms. The van der Waals surface area contributed by atoms with Crippen molar-refractivity contribution in [3.05, 3.63) is 81.9 Å². The number of esters is 1. The first-order valence-electron chi connectivity index (χ1n) is 12.8. The van der Waals surface area contributed by atoms with Gasteiger partial charge in [-0.3, -0.25) is 14.5 Å². The van der Waals surface area contributed by atoms with E-state index in [-0.39, 0.29) is 39.8 Å². The number of hydrogen-bond donors (Lipinski definition) is 1. The van der Waals surface area contributed by atoms with Crippen LogP contribution in [0.3, 0.4) is 0 Å². The van der Waals surface area contributed by atoms with Crippen molar-refractivity contribution in [3.8, 4) is 17.2 Å². The Kier molecular flexibility index (Phi) is 7.55. The third-order valence-corrected chi connectivity index (χ3v) is 7.99. The average molecular weight is 577 g/mol. The number of ketones is 1. The zero-order valence-corrected chi connectivity index (χ0v) is 23.7. The monoisotopic (exact) mass is 576 g/mol.